The largest absolute Gasteiger partial charge is 0.492 e. The number of nitrogens with zero attached hydrogens (tertiary/aromatic N) is 4. The van der Waals surface area contributed by atoms with Gasteiger partial charge in [-0.2, -0.15) is 5.10 Å². The molecule has 2 aromatic heterocycles. The van der Waals surface area contributed by atoms with Gasteiger partial charge in [0.25, 0.3) is 5.91 Å². The third-order valence-electron chi connectivity index (χ3n) is 5.12. The molecule has 0 bridgehead atoms. The lowest BCUT2D eigenvalue weighted by Gasteiger charge is -2.19. The van der Waals surface area contributed by atoms with Gasteiger partial charge in [-0.1, -0.05) is 30.3 Å². The molecule has 0 aliphatic rings. The van der Waals surface area contributed by atoms with Gasteiger partial charge < -0.3 is 9.64 Å². The van der Waals surface area contributed by atoms with Crippen molar-refractivity contribution in [1.29, 1.82) is 0 Å². The molecule has 0 N–H and O–H groups in total. The van der Waals surface area contributed by atoms with E-state index >= 15 is 0 Å². The maximum Gasteiger partial charge on any atom is 0.254 e. The van der Waals surface area contributed by atoms with E-state index in [0.717, 1.165) is 22.3 Å². The monoisotopic (exact) mass is 418 g/mol. The van der Waals surface area contributed by atoms with E-state index in [4.69, 9.17) is 9.72 Å². The van der Waals surface area contributed by atoms with Crippen molar-refractivity contribution in [2.45, 2.75) is 6.92 Å². The number of amides is 1. The fourth-order valence-electron chi connectivity index (χ4n) is 3.51. The van der Waals surface area contributed by atoms with Crippen molar-refractivity contribution in [2.75, 3.05) is 20.2 Å². The third-order valence-corrected chi connectivity index (χ3v) is 5.12. The highest BCUT2D eigenvalue weighted by atomic mass is 19.1. The first-order chi connectivity index (χ1) is 14.9. The molecule has 0 spiro atoms. The Balaban J connectivity index is 1.60. The quantitative estimate of drug-likeness (QED) is 0.470. The molecule has 0 aliphatic heterocycles. The summed E-state index contributed by atoms with van der Waals surface area (Å²) in [6.45, 7) is 2.54. The van der Waals surface area contributed by atoms with Crippen LogP contribution in [0.25, 0.3) is 22.3 Å². The van der Waals surface area contributed by atoms with Crippen LogP contribution in [0.15, 0.2) is 60.7 Å². The lowest BCUT2D eigenvalue weighted by atomic mass is 10.0. The number of carbonyl (C=O) groups excluding carboxylic acids is 1. The number of aryl methyl sites for hydroxylation is 2. The van der Waals surface area contributed by atoms with Crippen molar-refractivity contribution < 1.29 is 13.9 Å². The van der Waals surface area contributed by atoms with E-state index in [9.17, 15) is 9.18 Å². The maximum atomic E-state index is 13.3. The molecule has 4 rings (SSSR count). The number of pyridine rings is 1. The molecule has 2 aromatic carbocycles. The number of hydrogen-bond acceptors (Lipinski definition) is 4. The summed E-state index contributed by atoms with van der Waals surface area (Å²) in [6, 6.07) is 17.4. The number of benzene rings is 2. The second-order valence-corrected chi connectivity index (χ2v) is 7.36. The first kappa shape index (κ1) is 20.5. The summed E-state index contributed by atoms with van der Waals surface area (Å²) in [5, 5.41) is 5.21. The molecule has 2 heterocycles. The Bertz CT molecular complexity index is 1220. The molecule has 1 amide bonds. The molecule has 158 valence electrons. The van der Waals surface area contributed by atoms with Gasteiger partial charge in [0, 0.05) is 19.7 Å². The molecule has 31 heavy (non-hydrogen) atoms. The highest BCUT2D eigenvalue weighted by molar-refractivity contribution is 6.07. The summed E-state index contributed by atoms with van der Waals surface area (Å²) < 4.78 is 20.4. The van der Waals surface area contributed by atoms with Crippen LogP contribution in [-0.4, -0.2) is 45.8 Å². The predicted octanol–water partition coefficient (Wildman–Crippen LogP) is 4.23. The SMILES string of the molecule is Cc1nn(C)c2nc(-c3ccccc3)cc(C(=O)N(C)CCOc3ccc(F)cc3)c12. The van der Waals surface area contributed by atoms with Crippen LogP contribution in [0.4, 0.5) is 4.39 Å². The molecule has 0 saturated carbocycles. The smallest absolute Gasteiger partial charge is 0.254 e. The van der Waals surface area contributed by atoms with Crippen molar-refractivity contribution in [3.63, 3.8) is 0 Å². The Labute approximate surface area is 179 Å². The van der Waals surface area contributed by atoms with Crippen LogP contribution in [0, 0.1) is 12.7 Å². The zero-order chi connectivity index (χ0) is 22.0. The van der Waals surface area contributed by atoms with Gasteiger partial charge in [-0.15, -0.1) is 0 Å². The second-order valence-electron chi connectivity index (χ2n) is 7.36. The molecule has 4 aromatic rings. The fourth-order valence-corrected chi connectivity index (χ4v) is 3.51. The third kappa shape index (κ3) is 4.26. The van der Waals surface area contributed by atoms with Crippen LogP contribution in [-0.2, 0) is 7.05 Å². The Morgan fingerprint density at radius 2 is 1.84 bits per heavy atom. The summed E-state index contributed by atoms with van der Waals surface area (Å²) in [7, 11) is 3.56. The summed E-state index contributed by atoms with van der Waals surface area (Å²) >= 11 is 0. The first-order valence-corrected chi connectivity index (χ1v) is 9.97. The molecule has 0 radical (unpaired) electrons. The minimum Gasteiger partial charge on any atom is -0.492 e. The molecule has 0 unspecified atom stereocenters. The molecule has 0 atom stereocenters. The number of fused-ring (bicyclic) bond motifs is 1. The Morgan fingerprint density at radius 1 is 1.13 bits per heavy atom. The number of ether oxygens (including phenoxy) is 1. The van der Waals surface area contributed by atoms with E-state index < -0.39 is 0 Å². The lowest BCUT2D eigenvalue weighted by molar-refractivity contribution is 0.0775. The molecule has 7 heteroatoms. The van der Waals surface area contributed by atoms with Gasteiger partial charge in [-0.05, 0) is 37.3 Å². The number of carbonyl (C=O) groups is 1. The van der Waals surface area contributed by atoms with Crippen LogP contribution in [0.1, 0.15) is 16.1 Å². The van der Waals surface area contributed by atoms with Crippen LogP contribution >= 0.6 is 0 Å². The molecule has 0 fully saturated rings. The fraction of sp³-hybridized carbons (Fsp3) is 0.208. The van der Waals surface area contributed by atoms with Gasteiger partial charge in [0.05, 0.1) is 28.9 Å². The molecule has 0 aliphatic carbocycles. The zero-order valence-electron chi connectivity index (χ0n) is 17.7. The van der Waals surface area contributed by atoms with Crippen LogP contribution in [0.2, 0.25) is 0 Å². The van der Waals surface area contributed by atoms with Crippen molar-refractivity contribution in [2.24, 2.45) is 7.05 Å². The van der Waals surface area contributed by atoms with Crippen molar-refractivity contribution >= 4 is 16.9 Å². The van der Waals surface area contributed by atoms with Crippen LogP contribution in [0.3, 0.4) is 0 Å². The Kier molecular flexibility index (Phi) is 5.66. The number of rotatable bonds is 6. The molecule has 0 saturated heterocycles. The van der Waals surface area contributed by atoms with E-state index in [2.05, 4.69) is 5.10 Å². The average Bonchev–Trinajstić information content (AvgIpc) is 3.08. The standard InChI is InChI=1S/C24H23FN4O2/c1-16-22-20(24(30)28(2)13-14-31-19-11-9-18(25)10-12-19)15-21(17-7-5-4-6-8-17)26-23(22)29(3)27-16/h4-12,15H,13-14H2,1-3H3. The summed E-state index contributed by atoms with van der Waals surface area (Å²) in [5.41, 5.74) is 3.62. The van der Waals surface area contributed by atoms with E-state index in [-0.39, 0.29) is 11.7 Å². The highest BCUT2D eigenvalue weighted by Gasteiger charge is 2.21. The van der Waals surface area contributed by atoms with Gasteiger partial charge in [-0.25, -0.2) is 9.37 Å². The maximum absolute atomic E-state index is 13.3. The lowest BCUT2D eigenvalue weighted by Crippen LogP contribution is -2.31. The zero-order valence-corrected chi connectivity index (χ0v) is 17.7. The van der Waals surface area contributed by atoms with Gasteiger partial charge in [0.2, 0.25) is 0 Å². The number of aromatic nitrogens is 3. The van der Waals surface area contributed by atoms with Gasteiger partial charge in [0.15, 0.2) is 5.65 Å². The predicted molar refractivity (Wildman–Crippen MR) is 118 cm³/mol. The van der Waals surface area contributed by atoms with E-state index in [1.165, 1.54) is 12.1 Å². The molecular formula is C24H23FN4O2. The van der Waals surface area contributed by atoms with Gasteiger partial charge in [0.1, 0.15) is 18.2 Å². The van der Waals surface area contributed by atoms with E-state index in [1.807, 2.05) is 50.4 Å². The normalized spacial score (nSPS) is 11.0. The number of halogens is 1. The van der Waals surface area contributed by atoms with E-state index in [0.29, 0.717) is 30.1 Å². The summed E-state index contributed by atoms with van der Waals surface area (Å²) in [5.74, 6) is 0.105. The highest BCUT2D eigenvalue weighted by Crippen LogP contribution is 2.27. The number of likely N-dealkylation sites (N-methyl/N-ethyl adjacent to an activating group) is 1. The summed E-state index contributed by atoms with van der Waals surface area (Å²) in [6.07, 6.45) is 0. The van der Waals surface area contributed by atoms with Crippen LogP contribution < -0.4 is 4.74 Å². The first-order valence-electron chi connectivity index (χ1n) is 9.97. The van der Waals surface area contributed by atoms with E-state index in [1.54, 1.807) is 28.8 Å². The molecular weight excluding hydrogens is 395 g/mol. The minimum absolute atomic E-state index is 0.136. The topological polar surface area (TPSA) is 60.2 Å². The average molecular weight is 418 g/mol. The Morgan fingerprint density at radius 3 is 2.55 bits per heavy atom. The van der Waals surface area contributed by atoms with Crippen molar-refractivity contribution in [3.8, 4) is 17.0 Å². The van der Waals surface area contributed by atoms with Crippen LogP contribution in [0.5, 0.6) is 5.75 Å². The minimum atomic E-state index is -0.317. The number of hydrogen-bond donors (Lipinski definition) is 0. The summed E-state index contributed by atoms with van der Waals surface area (Å²) in [4.78, 5) is 19.7. The van der Waals surface area contributed by atoms with Gasteiger partial charge >= 0.3 is 0 Å². The van der Waals surface area contributed by atoms with Crippen molar-refractivity contribution in [3.05, 3.63) is 77.7 Å². The van der Waals surface area contributed by atoms with Crippen molar-refractivity contribution in [1.82, 2.24) is 19.7 Å². The Hall–Kier alpha value is -3.74. The van der Waals surface area contributed by atoms with Gasteiger partial charge in [-0.3, -0.25) is 9.48 Å². The second kappa shape index (κ2) is 8.55. The molecule has 6 nitrogen and oxygen atoms in total.